The Morgan fingerprint density at radius 2 is 1.75 bits per heavy atom. The third-order valence-electron chi connectivity index (χ3n) is 2.46. The third kappa shape index (κ3) is 7.93. The molecule has 0 aromatic carbocycles. The summed E-state index contributed by atoms with van der Waals surface area (Å²) in [6, 6.07) is -0.0552. The monoisotopic (exact) mass is 240 g/mol. The minimum Gasteiger partial charge on any atom is -0.315 e. The van der Waals surface area contributed by atoms with Crippen LogP contribution in [0.2, 0.25) is 0 Å². The number of halogens is 3. The summed E-state index contributed by atoms with van der Waals surface area (Å²) in [7, 11) is 1.53. The highest BCUT2D eigenvalue weighted by Crippen LogP contribution is 2.17. The van der Waals surface area contributed by atoms with Gasteiger partial charge < -0.3 is 5.32 Å². The van der Waals surface area contributed by atoms with E-state index in [1.807, 2.05) is 6.92 Å². The van der Waals surface area contributed by atoms with E-state index in [1.165, 1.54) is 11.9 Å². The average Bonchev–Trinajstić information content (AvgIpc) is 2.08. The molecule has 0 bridgehead atoms. The highest BCUT2D eigenvalue weighted by molar-refractivity contribution is 4.72. The molecule has 0 heterocycles. The zero-order chi connectivity index (χ0) is 12.8. The van der Waals surface area contributed by atoms with Gasteiger partial charge in [0, 0.05) is 12.6 Å². The molecular weight excluding hydrogens is 217 g/mol. The third-order valence-corrected chi connectivity index (χ3v) is 2.46. The van der Waals surface area contributed by atoms with Crippen LogP contribution in [0.25, 0.3) is 0 Å². The summed E-state index contributed by atoms with van der Waals surface area (Å²) in [5, 5.41) is 3.19. The molecule has 0 saturated carbocycles. The summed E-state index contributed by atoms with van der Waals surface area (Å²) >= 11 is 0. The molecule has 0 spiro atoms. The van der Waals surface area contributed by atoms with Crippen LogP contribution in [0.4, 0.5) is 13.2 Å². The molecule has 0 rings (SSSR count). The van der Waals surface area contributed by atoms with Crippen molar-refractivity contribution in [1.82, 2.24) is 10.2 Å². The van der Waals surface area contributed by atoms with Crippen LogP contribution in [-0.4, -0.2) is 43.8 Å². The molecule has 2 nitrogen and oxygen atoms in total. The van der Waals surface area contributed by atoms with Gasteiger partial charge in [-0.25, -0.2) is 0 Å². The van der Waals surface area contributed by atoms with Crippen molar-refractivity contribution in [2.24, 2.45) is 5.92 Å². The number of alkyl halides is 3. The van der Waals surface area contributed by atoms with Gasteiger partial charge in [0.25, 0.3) is 0 Å². The number of rotatable bonds is 7. The molecule has 16 heavy (non-hydrogen) atoms. The molecule has 98 valence electrons. The van der Waals surface area contributed by atoms with Crippen LogP contribution in [0, 0.1) is 5.92 Å². The van der Waals surface area contributed by atoms with Crippen LogP contribution in [0.5, 0.6) is 0 Å². The molecule has 1 N–H and O–H groups in total. The van der Waals surface area contributed by atoms with E-state index in [4.69, 9.17) is 0 Å². The molecule has 0 amide bonds. The van der Waals surface area contributed by atoms with Crippen molar-refractivity contribution in [1.29, 1.82) is 0 Å². The zero-order valence-corrected chi connectivity index (χ0v) is 10.6. The quantitative estimate of drug-likeness (QED) is 0.735. The van der Waals surface area contributed by atoms with Gasteiger partial charge in [-0.05, 0) is 25.9 Å². The second-order valence-corrected chi connectivity index (χ2v) is 4.64. The Kier molecular flexibility index (Phi) is 6.99. The van der Waals surface area contributed by atoms with Gasteiger partial charge >= 0.3 is 6.18 Å². The van der Waals surface area contributed by atoms with E-state index in [1.54, 1.807) is 0 Å². The van der Waals surface area contributed by atoms with Crippen LogP contribution in [0.1, 0.15) is 27.2 Å². The van der Waals surface area contributed by atoms with Gasteiger partial charge in [0.2, 0.25) is 0 Å². The minimum absolute atomic E-state index is 0.0552. The molecule has 5 heteroatoms. The van der Waals surface area contributed by atoms with Crippen molar-refractivity contribution in [3.8, 4) is 0 Å². The smallest absolute Gasteiger partial charge is 0.315 e. The summed E-state index contributed by atoms with van der Waals surface area (Å²) in [5.41, 5.74) is 0. The highest BCUT2D eigenvalue weighted by Gasteiger charge is 2.31. The predicted octanol–water partition coefficient (Wildman–Crippen LogP) is 2.50. The molecule has 0 radical (unpaired) electrons. The molecule has 0 saturated heterocycles. The lowest BCUT2D eigenvalue weighted by atomic mass is 10.1. The normalized spacial score (nSPS) is 14.8. The maximum atomic E-state index is 12.2. The highest BCUT2D eigenvalue weighted by atomic mass is 19.4. The zero-order valence-electron chi connectivity index (χ0n) is 10.6. The summed E-state index contributed by atoms with van der Waals surface area (Å²) in [4.78, 5) is 1.37. The fourth-order valence-electron chi connectivity index (χ4n) is 1.56. The molecule has 0 aliphatic carbocycles. The molecule has 0 aromatic rings. The molecule has 0 fully saturated rings. The first-order valence-corrected chi connectivity index (χ1v) is 5.74. The molecule has 0 aliphatic heterocycles. The SMILES string of the molecule is CCC(CNCC(C)C)N(C)CC(F)(F)F. The van der Waals surface area contributed by atoms with E-state index < -0.39 is 12.7 Å². The molecule has 0 aromatic heterocycles. The summed E-state index contributed by atoms with van der Waals surface area (Å²) in [6.45, 7) is 6.68. The van der Waals surface area contributed by atoms with Gasteiger partial charge in [-0.2, -0.15) is 13.2 Å². The Hall–Kier alpha value is -0.290. The van der Waals surface area contributed by atoms with Crippen LogP contribution in [0.3, 0.4) is 0 Å². The van der Waals surface area contributed by atoms with Gasteiger partial charge in [-0.15, -0.1) is 0 Å². The first kappa shape index (κ1) is 15.7. The average molecular weight is 240 g/mol. The Morgan fingerprint density at radius 1 is 1.19 bits per heavy atom. The van der Waals surface area contributed by atoms with Gasteiger partial charge in [0.15, 0.2) is 0 Å². The van der Waals surface area contributed by atoms with Crippen LogP contribution in [-0.2, 0) is 0 Å². The van der Waals surface area contributed by atoms with Crippen LogP contribution < -0.4 is 5.32 Å². The van der Waals surface area contributed by atoms with E-state index >= 15 is 0 Å². The summed E-state index contributed by atoms with van der Waals surface area (Å²) in [5.74, 6) is 0.519. The Labute approximate surface area is 96.2 Å². The largest absolute Gasteiger partial charge is 0.401 e. The number of nitrogens with zero attached hydrogens (tertiary/aromatic N) is 1. The lowest BCUT2D eigenvalue weighted by Crippen LogP contribution is -2.44. The number of likely N-dealkylation sites (N-methyl/N-ethyl adjacent to an activating group) is 1. The summed E-state index contributed by atoms with van der Waals surface area (Å²) in [6.07, 6.45) is -3.39. The van der Waals surface area contributed by atoms with Gasteiger partial charge in [-0.1, -0.05) is 20.8 Å². The lowest BCUT2D eigenvalue weighted by molar-refractivity contribution is -0.147. The Morgan fingerprint density at radius 3 is 2.12 bits per heavy atom. The second kappa shape index (κ2) is 7.12. The van der Waals surface area contributed by atoms with Crippen molar-refractivity contribution < 1.29 is 13.2 Å². The standard InChI is InChI=1S/C11H23F3N2/c1-5-10(7-15-6-9(2)3)16(4)8-11(12,13)14/h9-10,15H,5-8H2,1-4H3. The first-order valence-electron chi connectivity index (χ1n) is 5.74. The minimum atomic E-state index is -4.11. The number of nitrogens with one attached hydrogen (secondary N) is 1. The van der Waals surface area contributed by atoms with E-state index in [2.05, 4.69) is 19.2 Å². The molecule has 1 unspecified atom stereocenters. The van der Waals surface area contributed by atoms with Gasteiger partial charge in [0.05, 0.1) is 6.54 Å². The second-order valence-electron chi connectivity index (χ2n) is 4.64. The molecule has 1 atom stereocenters. The van der Waals surface area contributed by atoms with Crippen molar-refractivity contribution >= 4 is 0 Å². The predicted molar refractivity (Wildman–Crippen MR) is 60.5 cm³/mol. The van der Waals surface area contributed by atoms with Gasteiger partial charge in [0.1, 0.15) is 0 Å². The lowest BCUT2D eigenvalue weighted by Gasteiger charge is -2.28. The molecular formula is C11H23F3N2. The Bertz CT molecular complexity index is 181. The van der Waals surface area contributed by atoms with Crippen LogP contribution in [0.15, 0.2) is 0 Å². The van der Waals surface area contributed by atoms with Crippen molar-refractivity contribution in [2.45, 2.75) is 39.4 Å². The fourth-order valence-corrected chi connectivity index (χ4v) is 1.56. The van der Waals surface area contributed by atoms with Crippen molar-refractivity contribution in [2.75, 3.05) is 26.7 Å². The van der Waals surface area contributed by atoms with E-state index in [0.717, 1.165) is 13.0 Å². The summed E-state index contributed by atoms with van der Waals surface area (Å²) < 4.78 is 36.6. The maximum absolute atomic E-state index is 12.2. The van der Waals surface area contributed by atoms with E-state index in [-0.39, 0.29) is 6.04 Å². The van der Waals surface area contributed by atoms with Crippen molar-refractivity contribution in [3.63, 3.8) is 0 Å². The molecule has 0 aliphatic rings. The fraction of sp³-hybridized carbons (Fsp3) is 1.00. The Balaban J connectivity index is 3.97. The van der Waals surface area contributed by atoms with Gasteiger partial charge in [-0.3, -0.25) is 4.90 Å². The van der Waals surface area contributed by atoms with Crippen molar-refractivity contribution in [3.05, 3.63) is 0 Å². The van der Waals surface area contributed by atoms with E-state index in [0.29, 0.717) is 12.5 Å². The van der Waals surface area contributed by atoms with Crippen LogP contribution >= 0.6 is 0 Å². The number of hydrogen-bond acceptors (Lipinski definition) is 2. The first-order chi connectivity index (χ1) is 7.26. The number of hydrogen-bond donors (Lipinski definition) is 1. The van der Waals surface area contributed by atoms with E-state index in [9.17, 15) is 13.2 Å². The topological polar surface area (TPSA) is 15.3 Å². The maximum Gasteiger partial charge on any atom is 0.401 e.